The summed E-state index contributed by atoms with van der Waals surface area (Å²) in [6.45, 7) is 4.26. The molecule has 1 amide bonds. The number of nitrogens with two attached hydrogens (primary N) is 1. The van der Waals surface area contributed by atoms with E-state index >= 15 is 0 Å². The Labute approximate surface area is 405 Å². The minimum absolute atomic E-state index is 0.0610. The van der Waals surface area contributed by atoms with E-state index in [0.29, 0.717) is 66.3 Å². The molecule has 23 nitrogen and oxygen atoms in total. The van der Waals surface area contributed by atoms with Crippen LogP contribution in [0.2, 0.25) is 0 Å². The van der Waals surface area contributed by atoms with Crippen molar-refractivity contribution in [2.75, 3.05) is 77.6 Å². The Morgan fingerprint density at radius 3 is 1.63 bits per heavy atom. The molecular weight excluding hydrogens is 917 g/mol. The molecule has 0 radical (unpaired) electrons. The number of rotatable bonds is 9. The van der Waals surface area contributed by atoms with Gasteiger partial charge in [-0.15, -0.1) is 0 Å². The molecule has 71 heavy (non-hydrogen) atoms. The number of fused-ring (bicyclic) bond motifs is 4. The SMILES string of the molecule is CNc1cc(-c2cn(C3CCCOC3)c3ncccc23)nc2c(C(=O)NC3COC[C@H]3O)cnn12.CNc1cc(-c2cn([C@@H]3CCCOC3)c3ncccc23)nc2c(C(=O)O)cnn12.N[C@H]1COC[C@H]1O. The number of ether oxygens (including phenoxy) is 4. The van der Waals surface area contributed by atoms with Crippen LogP contribution in [0, 0.1) is 0 Å². The van der Waals surface area contributed by atoms with Gasteiger partial charge in [-0.2, -0.15) is 19.2 Å². The van der Waals surface area contributed by atoms with Gasteiger partial charge in [0, 0.05) is 86.1 Å². The number of aromatic nitrogens is 10. The largest absolute Gasteiger partial charge is 0.477 e. The fourth-order valence-corrected chi connectivity index (χ4v) is 9.37. The van der Waals surface area contributed by atoms with Crippen LogP contribution in [0.4, 0.5) is 11.6 Å². The third-order valence-electron chi connectivity index (χ3n) is 13.2. The van der Waals surface area contributed by atoms with Crippen LogP contribution in [-0.2, 0) is 18.9 Å². The number of carbonyl (C=O) groups is 2. The Hall–Kier alpha value is -7.12. The van der Waals surface area contributed by atoms with Crippen LogP contribution < -0.4 is 21.7 Å². The molecule has 23 heteroatoms. The Bertz CT molecular complexity index is 3180. The number of carboxylic acid groups (broad SMARTS) is 1. The fourth-order valence-electron chi connectivity index (χ4n) is 9.37. The highest BCUT2D eigenvalue weighted by molar-refractivity contribution is 6.01. The van der Waals surface area contributed by atoms with Gasteiger partial charge in [0.05, 0.1) is 99.8 Å². The van der Waals surface area contributed by atoms with E-state index in [1.807, 2.05) is 42.6 Å². The first-order valence-electron chi connectivity index (χ1n) is 23.6. The zero-order valence-corrected chi connectivity index (χ0v) is 39.2. The maximum atomic E-state index is 13.1. The normalized spacial score (nSPS) is 22.3. The summed E-state index contributed by atoms with van der Waals surface area (Å²) in [6.07, 6.45) is 13.4. The third-order valence-corrected chi connectivity index (χ3v) is 13.2. The summed E-state index contributed by atoms with van der Waals surface area (Å²) < 4.78 is 28.9. The molecule has 0 spiro atoms. The zero-order valence-electron chi connectivity index (χ0n) is 39.2. The molecule has 4 aliphatic rings. The highest BCUT2D eigenvalue weighted by Crippen LogP contribution is 2.36. The average molecular weight is 973 g/mol. The van der Waals surface area contributed by atoms with E-state index in [2.05, 4.69) is 56.4 Å². The molecule has 6 atom stereocenters. The second-order valence-electron chi connectivity index (χ2n) is 17.8. The number of anilines is 2. The van der Waals surface area contributed by atoms with E-state index in [0.717, 1.165) is 72.1 Å². The molecule has 0 bridgehead atoms. The number of carboxylic acids is 1. The number of pyridine rings is 2. The van der Waals surface area contributed by atoms with Crippen LogP contribution in [0.25, 0.3) is 55.9 Å². The molecule has 0 aromatic carbocycles. The lowest BCUT2D eigenvalue weighted by Crippen LogP contribution is -2.42. The van der Waals surface area contributed by atoms with Crippen molar-refractivity contribution in [3.05, 3.63) is 84.7 Å². The third kappa shape index (κ3) is 9.47. The minimum atomic E-state index is -1.06. The lowest BCUT2D eigenvalue weighted by molar-refractivity contribution is 0.0605. The number of carbonyl (C=O) groups excluding carboxylic acids is 1. The van der Waals surface area contributed by atoms with Crippen LogP contribution in [0.3, 0.4) is 0 Å². The molecule has 8 aromatic rings. The van der Waals surface area contributed by atoms with E-state index in [4.69, 9.17) is 34.8 Å². The summed E-state index contributed by atoms with van der Waals surface area (Å²) in [5, 5.41) is 47.8. The van der Waals surface area contributed by atoms with E-state index in [-0.39, 0.29) is 42.8 Å². The molecule has 8 N–H and O–H groups in total. The predicted molar refractivity (Wildman–Crippen MR) is 261 cm³/mol. The maximum absolute atomic E-state index is 13.1. The number of aliphatic hydroxyl groups is 2. The van der Waals surface area contributed by atoms with Crippen molar-refractivity contribution in [1.82, 2.24) is 53.6 Å². The van der Waals surface area contributed by atoms with Gasteiger partial charge >= 0.3 is 5.97 Å². The van der Waals surface area contributed by atoms with Gasteiger partial charge in [-0.1, -0.05) is 0 Å². The van der Waals surface area contributed by atoms with Crippen LogP contribution in [0.5, 0.6) is 0 Å². The summed E-state index contributed by atoms with van der Waals surface area (Å²) >= 11 is 0. The first-order valence-corrected chi connectivity index (χ1v) is 23.6. The molecule has 12 heterocycles. The van der Waals surface area contributed by atoms with E-state index in [9.17, 15) is 19.8 Å². The number of aromatic carboxylic acids is 1. The highest BCUT2D eigenvalue weighted by Gasteiger charge is 2.30. The number of hydrogen-bond acceptors (Lipinski definition) is 17. The number of aliphatic hydroxyl groups excluding tert-OH is 2. The summed E-state index contributed by atoms with van der Waals surface area (Å²) in [4.78, 5) is 43.4. The molecule has 4 aliphatic heterocycles. The van der Waals surface area contributed by atoms with Crippen molar-refractivity contribution < 1.29 is 43.9 Å². The van der Waals surface area contributed by atoms with Crippen molar-refractivity contribution in [1.29, 1.82) is 0 Å². The highest BCUT2D eigenvalue weighted by atomic mass is 16.5. The number of nitrogens with one attached hydrogen (secondary N) is 3. The van der Waals surface area contributed by atoms with Crippen molar-refractivity contribution in [2.24, 2.45) is 5.73 Å². The topological polar surface area (TPSA) is 290 Å². The van der Waals surface area contributed by atoms with E-state index in [1.165, 1.54) is 16.9 Å². The molecule has 0 aliphatic carbocycles. The lowest BCUT2D eigenvalue weighted by Gasteiger charge is -2.24. The monoisotopic (exact) mass is 972 g/mol. The second-order valence-corrected chi connectivity index (χ2v) is 17.8. The van der Waals surface area contributed by atoms with Crippen molar-refractivity contribution in [3.63, 3.8) is 0 Å². The molecule has 4 fully saturated rings. The summed E-state index contributed by atoms with van der Waals surface area (Å²) in [5.41, 5.74) is 11.3. The van der Waals surface area contributed by atoms with Crippen molar-refractivity contribution in [3.8, 4) is 22.5 Å². The zero-order chi connectivity index (χ0) is 49.2. The first kappa shape index (κ1) is 47.6. The number of amides is 1. The van der Waals surface area contributed by atoms with Gasteiger partial charge in [-0.05, 0) is 49.9 Å². The first-order chi connectivity index (χ1) is 34.6. The Balaban J connectivity index is 0.000000146. The Kier molecular flexibility index (Phi) is 13.9. The molecular formula is C48H56N14O9. The van der Waals surface area contributed by atoms with Crippen LogP contribution in [-0.4, -0.2) is 167 Å². The molecule has 372 valence electrons. The summed E-state index contributed by atoms with van der Waals surface area (Å²) in [6, 6.07) is 11.4. The lowest BCUT2D eigenvalue weighted by atomic mass is 10.1. The molecule has 0 saturated carbocycles. The van der Waals surface area contributed by atoms with Gasteiger partial charge in [0.1, 0.15) is 34.1 Å². The van der Waals surface area contributed by atoms with Gasteiger partial charge in [0.2, 0.25) is 0 Å². The van der Waals surface area contributed by atoms with Crippen LogP contribution in [0.1, 0.15) is 58.5 Å². The summed E-state index contributed by atoms with van der Waals surface area (Å²) in [5.74, 6) is -0.0674. The van der Waals surface area contributed by atoms with E-state index in [1.54, 1.807) is 31.0 Å². The van der Waals surface area contributed by atoms with Crippen molar-refractivity contribution in [2.45, 2.75) is 62.1 Å². The average Bonchev–Trinajstić information content (AvgIpc) is 4.28. The second kappa shape index (κ2) is 20.7. The van der Waals surface area contributed by atoms with Gasteiger partial charge in [-0.25, -0.2) is 24.7 Å². The van der Waals surface area contributed by atoms with E-state index < -0.39 is 24.2 Å². The fraction of sp³-hybridized carbons (Fsp3) is 0.417. The molecule has 4 saturated heterocycles. The molecule has 12 rings (SSSR count). The van der Waals surface area contributed by atoms with Gasteiger partial charge in [-0.3, -0.25) is 4.79 Å². The predicted octanol–water partition coefficient (Wildman–Crippen LogP) is 3.17. The number of nitrogens with zero attached hydrogens (tertiary/aromatic N) is 10. The maximum Gasteiger partial charge on any atom is 0.341 e. The minimum Gasteiger partial charge on any atom is -0.477 e. The smallest absolute Gasteiger partial charge is 0.341 e. The van der Waals surface area contributed by atoms with Crippen molar-refractivity contribution >= 4 is 56.9 Å². The van der Waals surface area contributed by atoms with Crippen LogP contribution >= 0.6 is 0 Å². The van der Waals surface area contributed by atoms with Crippen LogP contribution in [0.15, 0.2) is 73.6 Å². The number of hydrogen-bond donors (Lipinski definition) is 7. The quantitative estimate of drug-likeness (QED) is 0.109. The molecule has 8 aromatic heterocycles. The summed E-state index contributed by atoms with van der Waals surface area (Å²) in [7, 11) is 3.57. The Morgan fingerprint density at radius 1 is 0.676 bits per heavy atom. The standard InChI is InChI=1S/C24H27N7O4.C20H20N6O3.C4H9NO2/c1-25-21-8-18(17-10-30(14-4-3-7-34-11-14)22-15(17)5-2-6-26-22)28-23-16(9-27-31(21)23)24(33)29-19-12-35-13-20(19)32;1-21-17-8-16(24-19-14(20(27)28)9-23-26(17)19)15-10-25(12-4-3-7-29-11-12)18-13(15)5-2-6-22-18;5-3-1-7-2-4(3)6/h2,5-6,8-10,14,19-20,25,32H,3-4,7,11-13H2,1H3,(H,29,33);2,5-6,8-10,12,21H,3-4,7,11H2,1H3,(H,27,28);3-4,6H,1-2,5H2/t14?,19?,20-;12-;3-,4+/m110/s1. The molecule has 2 unspecified atom stereocenters. The Morgan fingerprint density at radius 2 is 1.20 bits per heavy atom. The van der Waals surface area contributed by atoms with Gasteiger partial charge < -0.3 is 65.1 Å². The van der Waals surface area contributed by atoms with Gasteiger partial charge in [0.15, 0.2) is 11.3 Å². The van der Waals surface area contributed by atoms with Gasteiger partial charge in [0.25, 0.3) is 5.91 Å².